The van der Waals surface area contributed by atoms with E-state index in [2.05, 4.69) is 15.9 Å². The molecule has 3 nitrogen and oxygen atoms in total. The van der Waals surface area contributed by atoms with Crippen molar-refractivity contribution in [2.24, 2.45) is 0 Å². The number of ketones is 1. The molecule has 0 aliphatic heterocycles. The van der Waals surface area contributed by atoms with Crippen molar-refractivity contribution in [3.8, 4) is 0 Å². The quantitative estimate of drug-likeness (QED) is 0.792. The van der Waals surface area contributed by atoms with E-state index in [1.807, 2.05) is 0 Å². The van der Waals surface area contributed by atoms with E-state index < -0.39 is 20.9 Å². The van der Waals surface area contributed by atoms with E-state index in [0.29, 0.717) is 11.1 Å². The molecule has 2 aromatic rings. The Balaban J connectivity index is 2.50. The first kappa shape index (κ1) is 14.9. The van der Waals surface area contributed by atoms with E-state index in [4.69, 9.17) is 0 Å². The third kappa shape index (κ3) is 3.35. The lowest BCUT2D eigenvalue weighted by molar-refractivity contribution is 0.0987. The van der Waals surface area contributed by atoms with Crippen LogP contribution in [0.5, 0.6) is 0 Å². The second-order valence-electron chi connectivity index (χ2n) is 4.49. The summed E-state index contributed by atoms with van der Waals surface area (Å²) in [5.74, 6) is -0.407. The largest absolute Gasteiger partial charge is 0.292 e. The highest BCUT2D eigenvalue weighted by Gasteiger charge is 2.31. The summed E-state index contributed by atoms with van der Waals surface area (Å²) >= 11 is 3.29. The van der Waals surface area contributed by atoms with Crippen LogP contribution in [0.25, 0.3) is 0 Å². The van der Waals surface area contributed by atoms with Crippen molar-refractivity contribution in [1.29, 1.82) is 0 Å². The molecule has 0 saturated carbocycles. The Morgan fingerprint density at radius 1 is 1.00 bits per heavy atom. The Morgan fingerprint density at radius 2 is 1.55 bits per heavy atom. The molecule has 2 rings (SSSR count). The second kappa shape index (κ2) is 5.89. The molecule has 0 bridgehead atoms. The first-order valence-electron chi connectivity index (χ1n) is 5.93. The molecule has 0 aromatic heterocycles. The Hall–Kier alpha value is -1.46. The van der Waals surface area contributed by atoms with Gasteiger partial charge in [-0.15, -0.1) is 0 Å². The SMILES string of the molecule is CS(=O)(=O)C(C(=O)c1ccccc1)c1ccc(Br)cc1. The maximum Gasteiger partial charge on any atom is 0.185 e. The zero-order valence-corrected chi connectivity index (χ0v) is 13.2. The predicted molar refractivity (Wildman–Crippen MR) is 82.5 cm³/mol. The minimum absolute atomic E-state index is 0.394. The van der Waals surface area contributed by atoms with E-state index in [9.17, 15) is 13.2 Å². The number of carbonyl (C=O) groups is 1. The van der Waals surface area contributed by atoms with E-state index >= 15 is 0 Å². The zero-order valence-electron chi connectivity index (χ0n) is 10.8. The lowest BCUT2D eigenvalue weighted by Crippen LogP contribution is -2.21. The molecular weight excluding hydrogens is 340 g/mol. The van der Waals surface area contributed by atoms with Gasteiger partial charge >= 0.3 is 0 Å². The van der Waals surface area contributed by atoms with Crippen molar-refractivity contribution in [1.82, 2.24) is 0 Å². The molecule has 0 radical (unpaired) electrons. The third-order valence-electron chi connectivity index (χ3n) is 2.90. The van der Waals surface area contributed by atoms with Crippen molar-refractivity contribution >= 4 is 31.6 Å². The molecule has 0 fully saturated rings. The molecule has 5 heteroatoms. The fourth-order valence-corrected chi connectivity index (χ4v) is 3.43. The van der Waals surface area contributed by atoms with Gasteiger partial charge in [-0.25, -0.2) is 8.42 Å². The molecule has 0 aliphatic rings. The molecule has 0 amide bonds. The Morgan fingerprint density at radius 3 is 2.05 bits per heavy atom. The number of hydrogen-bond acceptors (Lipinski definition) is 3. The standard InChI is InChI=1S/C15H13BrO3S/c1-20(18,19)15(12-7-9-13(16)10-8-12)14(17)11-5-3-2-4-6-11/h2-10,15H,1H3. The highest BCUT2D eigenvalue weighted by molar-refractivity contribution is 9.10. The normalized spacial score (nSPS) is 12.9. The fraction of sp³-hybridized carbons (Fsp3) is 0.133. The highest BCUT2D eigenvalue weighted by Crippen LogP contribution is 2.27. The molecule has 104 valence electrons. The van der Waals surface area contributed by atoms with Crippen LogP contribution in [0.1, 0.15) is 21.2 Å². The van der Waals surface area contributed by atoms with Gasteiger partial charge in [0.05, 0.1) is 0 Å². The molecule has 1 unspecified atom stereocenters. The Kier molecular flexibility index (Phi) is 4.40. The monoisotopic (exact) mass is 352 g/mol. The van der Waals surface area contributed by atoms with Crippen LogP contribution in [0.15, 0.2) is 59.1 Å². The van der Waals surface area contributed by atoms with Crippen LogP contribution in [-0.2, 0) is 9.84 Å². The summed E-state index contributed by atoms with van der Waals surface area (Å²) in [4.78, 5) is 12.5. The maximum atomic E-state index is 12.5. The van der Waals surface area contributed by atoms with Crippen LogP contribution in [-0.4, -0.2) is 20.5 Å². The summed E-state index contributed by atoms with van der Waals surface area (Å²) in [6.45, 7) is 0. The Bertz CT molecular complexity index is 707. The molecule has 0 N–H and O–H groups in total. The molecule has 2 aromatic carbocycles. The molecule has 0 saturated heterocycles. The molecule has 0 spiro atoms. The van der Waals surface area contributed by atoms with Crippen molar-refractivity contribution in [3.05, 3.63) is 70.2 Å². The van der Waals surface area contributed by atoms with Gasteiger partial charge in [-0.2, -0.15) is 0 Å². The first-order valence-corrected chi connectivity index (χ1v) is 8.68. The number of benzene rings is 2. The minimum atomic E-state index is -3.54. The molecule has 0 aliphatic carbocycles. The average Bonchev–Trinajstić information content (AvgIpc) is 2.41. The number of carbonyl (C=O) groups excluding carboxylic acids is 1. The van der Waals surface area contributed by atoms with Gasteiger partial charge in [0.1, 0.15) is 5.25 Å². The summed E-state index contributed by atoms with van der Waals surface area (Å²) in [5, 5.41) is -1.17. The van der Waals surface area contributed by atoms with Crippen molar-refractivity contribution in [2.75, 3.05) is 6.26 Å². The molecule has 0 heterocycles. The number of halogens is 1. The molecular formula is C15H13BrO3S. The number of rotatable bonds is 4. The van der Waals surface area contributed by atoms with Crippen molar-refractivity contribution in [3.63, 3.8) is 0 Å². The van der Waals surface area contributed by atoms with E-state index in [1.54, 1.807) is 54.6 Å². The number of sulfone groups is 1. The van der Waals surface area contributed by atoms with Crippen molar-refractivity contribution in [2.45, 2.75) is 5.25 Å². The summed E-state index contributed by atoms with van der Waals surface area (Å²) in [5.41, 5.74) is 0.871. The van der Waals surface area contributed by atoms with Gasteiger partial charge in [-0.1, -0.05) is 58.4 Å². The predicted octanol–water partition coefficient (Wildman–Crippen LogP) is 3.42. The van der Waals surface area contributed by atoms with Crippen LogP contribution < -0.4 is 0 Å². The van der Waals surface area contributed by atoms with Crippen LogP contribution in [0.2, 0.25) is 0 Å². The lowest BCUT2D eigenvalue weighted by Gasteiger charge is -2.14. The van der Waals surface area contributed by atoms with Crippen LogP contribution in [0.4, 0.5) is 0 Å². The van der Waals surface area contributed by atoms with E-state index in [1.165, 1.54) is 0 Å². The van der Waals surface area contributed by atoms with Crippen LogP contribution in [0.3, 0.4) is 0 Å². The summed E-state index contributed by atoms with van der Waals surface area (Å²) in [6.07, 6.45) is 1.08. The second-order valence-corrected chi connectivity index (χ2v) is 7.54. The minimum Gasteiger partial charge on any atom is -0.292 e. The zero-order chi connectivity index (χ0) is 14.8. The van der Waals surface area contributed by atoms with Gasteiger partial charge in [0.15, 0.2) is 15.6 Å². The van der Waals surface area contributed by atoms with Crippen LogP contribution >= 0.6 is 15.9 Å². The molecule has 20 heavy (non-hydrogen) atoms. The summed E-state index contributed by atoms with van der Waals surface area (Å²) < 4.78 is 24.8. The van der Waals surface area contributed by atoms with Gasteiger partial charge in [-0.05, 0) is 17.7 Å². The van der Waals surface area contributed by atoms with Crippen molar-refractivity contribution < 1.29 is 13.2 Å². The van der Waals surface area contributed by atoms with Gasteiger partial charge in [0, 0.05) is 16.3 Å². The van der Waals surface area contributed by atoms with Gasteiger partial charge in [-0.3, -0.25) is 4.79 Å². The topological polar surface area (TPSA) is 51.2 Å². The van der Waals surface area contributed by atoms with Gasteiger partial charge < -0.3 is 0 Å². The lowest BCUT2D eigenvalue weighted by atomic mass is 10.0. The fourth-order valence-electron chi connectivity index (χ4n) is 1.98. The first-order chi connectivity index (χ1) is 9.39. The summed E-state index contributed by atoms with van der Waals surface area (Å²) in [6, 6.07) is 15.2. The van der Waals surface area contributed by atoms with Gasteiger partial charge in [0.2, 0.25) is 0 Å². The van der Waals surface area contributed by atoms with Gasteiger partial charge in [0.25, 0.3) is 0 Å². The summed E-state index contributed by atoms with van der Waals surface area (Å²) in [7, 11) is -3.54. The van der Waals surface area contributed by atoms with Crippen LogP contribution in [0, 0.1) is 0 Å². The number of Topliss-reactive ketones (excluding diaryl/α,β-unsaturated/α-hetero) is 1. The maximum absolute atomic E-state index is 12.5. The van der Waals surface area contributed by atoms with E-state index in [-0.39, 0.29) is 0 Å². The highest BCUT2D eigenvalue weighted by atomic mass is 79.9. The number of hydrogen-bond donors (Lipinski definition) is 0. The average molecular weight is 353 g/mol. The molecule has 1 atom stereocenters. The Labute approximate surface area is 126 Å². The van der Waals surface area contributed by atoms with E-state index in [0.717, 1.165) is 10.7 Å². The smallest absolute Gasteiger partial charge is 0.185 e. The third-order valence-corrected chi connectivity index (χ3v) is 4.77.